The van der Waals surface area contributed by atoms with E-state index in [0.29, 0.717) is 6.54 Å². The van der Waals surface area contributed by atoms with E-state index in [4.69, 9.17) is 5.73 Å². The van der Waals surface area contributed by atoms with Gasteiger partial charge in [0.2, 0.25) is 0 Å². The molecule has 0 fully saturated rings. The maximum atomic E-state index is 9.34. The molecular weight excluding hydrogens is 198 g/mol. The lowest BCUT2D eigenvalue weighted by molar-refractivity contribution is 0.176. The summed E-state index contributed by atoms with van der Waals surface area (Å²) in [7, 11) is 0. The standard InChI is InChI=1S/C14H17NO/c15-10-14(11-16)8-6-13(7-9-14)12-4-2-1-3-5-12/h1-8,16H,9-11,15H2. The molecule has 1 aliphatic carbocycles. The van der Waals surface area contributed by atoms with Crippen molar-refractivity contribution in [2.45, 2.75) is 6.42 Å². The van der Waals surface area contributed by atoms with E-state index in [-0.39, 0.29) is 12.0 Å². The van der Waals surface area contributed by atoms with Gasteiger partial charge in [0, 0.05) is 12.0 Å². The second kappa shape index (κ2) is 4.64. The molecule has 2 heteroatoms. The highest BCUT2D eigenvalue weighted by Gasteiger charge is 2.25. The second-order valence-corrected chi connectivity index (χ2v) is 4.29. The van der Waals surface area contributed by atoms with Crippen LogP contribution in [0.5, 0.6) is 0 Å². The molecular formula is C14H17NO. The molecule has 1 aromatic carbocycles. The quantitative estimate of drug-likeness (QED) is 0.809. The largest absolute Gasteiger partial charge is 0.395 e. The van der Waals surface area contributed by atoms with Crippen LogP contribution in [0.2, 0.25) is 0 Å². The summed E-state index contributed by atoms with van der Waals surface area (Å²) in [6.45, 7) is 0.594. The number of allylic oxidation sites excluding steroid dienone is 3. The molecule has 0 radical (unpaired) electrons. The minimum Gasteiger partial charge on any atom is -0.395 e. The molecule has 0 saturated heterocycles. The number of aliphatic hydroxyl groups is 1. The summed E-state index contributed by atoms with van der Waals surface area (Å²) in [5, 5.41) is 9.34. The highest BCUT2D eigenvalue weighted by atomic mass is 16.3. The van der Waals surface area contributed by atoms with Gasteiger partial charge in [0.05, 0.1) is 6.61 Å². The summed E-state index contributed by atoms with van der Waals surface area (Å²) in [4.78, 5) is 0. The third-order valence-electron chi connectivity index (χ3n) is 3.17. The van der Waals surface area contributed by atoms with Gasteiger partial charge in [-0.15, -0.1) is 0 Å². The van der Waals surface area contributed by atoms with Crippen LogP contribution in [0, 0.1) is 5.41 Å². The minimum absolute atomic E-state index is 0.110. The third-order valence-corrected chi connectivity index (χ3v) is 3.17. The summed E-state index contributed by atoms with van der Waals surface area (Å²) in [6.07, 6.45) is 7.05. The van der Waals surface area contributed by atoms with Gasteiger partial charge in [-0.3, -0.25) is 0 Å². The van der Waals surface area contributed by atoms with E-state index in [1.807, 2.05) is 24.3 Å². The van der Waals surface area contributed by atoms with Gasteiger partial charge in [0.25, 0.3) is 0 Å². The van der Waals surface area contributed by atoms with Crippen molar-refractivity contribution < 1.29 is 5.11 Å². The Morgan fingerprint density at radius 3 is 2.50 bits per heavy atom. The third kappa shape index (κ3) is 2.08. The average molecular weight is 215 g/mol. The predicted molar refractivity (Wildman–Crippen MR) is 66.7 cm³/mol. The normalized spacial score (nSPS) is 24.2. The van der Waals surface area contributed by atoms with Crippen LogP contribution in [0.3, 0.4) is 0 Å². The fraction of sp³-hybridized carbons (Fsp3) is 0.286. The smallest absolute Gasteiger partial charge is 0.0537 e. The highest BCUT2D eigenvalue weighted by molar-refractivity contribution is 5.75. The summed E-state index contributed by atoms with van der Waals surface area (Å²) < 4.78 is 0. The van der Waals surface area contributed by atoms with Crippen LogP contribution < -0.4 is 5.73 Å². The Morgan fingerprint density at radius 1 is 1.25 bits per heavy atom. The Bertz CT molecular complexity index is 402. The van der Waals surface area contributed by atoms with Crippen LogP contribution in [-0.4, -0.2) is 18.3 Å². The molecule has 0 heterocycles. The Balaban J connectivity index is 2.20. The van der Waals surface area contributed by atoms with E-state index in [0.717, 1.165) is 6.42 Å². The Labute approximate surface area is 96.1 Å². The van der Waals surface area contributed by atoms with Gasteiger partial charge >= 0.3 is 0 Å². The lowest BCUT2D eigenvalue weighted by Crippen LogP contribution is -2.32. The van der Waals surface area contributed by atoms with Crippen LogP contribution in [0.4, 0.5) is 0 Å². The number of nitrogens with two attached hydrogens (primary N) is 1. The van der Waals surface area contributed by atoms with Gasteiger partial charge in [-0.2, -0.15) is 0 Å². The summed E-state index contributed by atoms with van der Waals surface area (Å²) in [6, 6.07) is 10.2. The van der Waals surface area contributed by atoms with E-state index in [1.54, 1.807) is 0 Å². The molecule has 0 bridgehead atoms. The number of hydrogen-bond acceptors (Lipinski definition) is 2. The molecule has 0 aliphatic heterocycles. The number of hydrogen-bond donors (Lipinski definition) is 2. The molecule has 0 spiro atoms. The van der Waals surface area contributed by atoms with Crippen molar-refractivity contribution in [3.05, 3.63) is 54.1 Å². The fourth-order valence-electron chi connectivity index (χ4n) is 1.89. The van der Waals surface area contributed by atoms with Gasteiger partial charge in [-0.1, -0.05) is 48.6 Å². The van der Waals surface area contributed by atoms with Crippen molar-refractivity contribution in [2.24, 2.45) is 11.1 Å². The molecule has 1 aliphatic rings. The Hall–Kier alpha value is -1.38. The van der Waals surface area contributed by atoms with Crippen molar-refractivity contribution in [3.63, 3.8) is 0 Å². The molecule has 0 amide bonds. The summed E-state index contributed by atoms with van der Waals surface area (Å²) >= 11 is 0. The average Bonchev–Trinajstić information content (AvgIpc) is 2.40. The number of aliphatic hydroxyl groups excluding tert-OH is 1. The number of rotatable bonds is 3. The van der Waals surface area contributed by atoms with Gasteiger partial charge in [0.15, 0.2) is 0 Å². The molecule has 3 N–H and O–H groups in total. The van der Waals surface area contributed by atoms with Gasteiger partial charge in [-0.25, -0.2) is 0 Å². The maximum absolute atomic E-state index is 9.34. The second-order valence-electron chi connectivity index (χ2n) is 4.29. The zero-order chi connectivity index (χ0) is 11.4. The van der Waals surface area contributed by atoms with E-state index in [2.05, 4.69) is 24.3 Å². The number of benzene rings is 1. The van der Waals surface area contributed by atoms with Crippen molar-refractivity contribution >= 4 is 5.57 Å². The summed E-state index contributed by atoms with van der Waals surface area (Å²) in [5.74, 6) is 0. The van der Waals surface area contributed by atoms with Crippen LogP contribution in [0.15, 0.2) is 48.6 Å². The lowest BCUT2D eigenvalue weighted by Gasteiger charge is -2.28. The first-order valence-corrected chi connectivity index (χ1v) is 5.55. The van der Waals surface area contributed by atoms with E-state index >= 15 is 0 Å². The molecule has 16 heavy (non-hydrogen) atoms. The van der Waals surface area contributed by atoms with Crippen molar-refractivity contribution in [3.8, 4) is 0 Å². The van der Waals surface area contributed by atoms with Gasteiger partial charge in [0.1, 0.15) is 0 Å². The topological polar surface area (TPSA) is 46.2 Å². The zero-order valence-electron chi connectivity index (χ0n) is 9.26. The van der Waals surface area contributed by atoms with Gasteiger partial charge < -0.3 is 10.8 Å². The molecule has 2 rings (SSSR count). The minimum atomic E-state index is -0.252. The molecule has 0 aromatic heterocycles. The Kier molecular flexibility index (Phi) is 3.22. The molecule has 1 unspecified atom stereocenters. The molecule has 84 valence electrons. The van der Waals surface area contributed by atoms with Crippen LogP contribution in [0.1, 0.15) is 12.0 Å². The zero-order valence-corrected chi connectivity index (χ0v) is 9.26. The fourth-order valence-corrected chi connectivity index (χ4v) is 1.89. The highest BCUT2D eigenvalue weighted by Crippen LogP contribution is 2.31. The van der Waals surface area contributed by atoms with Crippen molar-refractivity contribution in [1.29, 1.82) is 0 Å². The molecule has 1 atom stereocenters. The Morgan fingerprint density at radius 2 is 2.00 bits per heavy atom. The van der Waals surface area contributed by atoms with Crippen molar-refractivity contribution in [1.82, 2.24) is 0 Å². The predicted octanol–water partition coefficient (Wildman–Crippen LogP) is 1.97. The maximum Gasteiger partial charge on any atom is 0.0537 e. The van der Waals surface area contributed by atoms with Crippen molar-refractivity contribution in [2.75, 3.05) is 13.2 Å². The van der Waals surface area contributed by atoms with E-state index in [1.165, 1.54) is 11.1 Å². The first-order valence-electron chi connectivity index (χ1n) is 5.55. The first-order chi connectivity index (χ1) is 7.79. The monoisotopic (exact) mass is 215 g/mol. The first kappa shape index (κ1) is 11.1. The molecule has 2 nitrogen and oxygen atoms in total. The lowest BCUT2D eigenvalue weighted by atomic mass is 9.80. The van der Waals surface area contributed by atoms with Gasteiger partial charge in [-0.05, 0) is 17.6 Å². The van der Waals surface area contributed by atoms with E-state index in [9.17, 15) is 5.11 Å². The van der Waals surface area contributed by atoms with Crippen LogP contribution >= 0.6 is 0 Å². The summed E-state index contributed by atoms with van der Waals surface area (Å²) in [5.41, 5.74) is 7.86. The van der Waals surface area contributed by atoms with Crippen LogP contribution in [0.25, 0.3) is 5.57 Å². The SMILES string of the molecule is NCC1(CO)C=CC(c2ccccc2)=CC1. The molecule has 0 saturated carbocycles. The molecule has 1 aromatic rings. The van der Waals surface area contributed by atoms with E-state index < -0.39 is 0 Å². The van der Waals surface area contributed by atoms with Crippen LogP contribution in [-0.2, 0) is 0 Å².